The normalized spacial score (nSPS) is 15.8. The molecular weight excluding hydrogens is 242 g/mol. The zero-order chi connectivity index (χ0) is 13.1. The number of carbonyl (C=O) groups excluding carboxylic acids is 1. The van der Waals surface area contributed by atoms with E-state index in [-0.39, 0.29) is 17.9 Å². The SMILES string of the molecule is Nc1c(F)cc(CC(=O)N2CCOCC2)cc1F. The van der Waals surface area contributed by atoms with Crippen molar-refractivity contribution in [3.8, 4) is 0 Å². The maximum atomic E-state index is 13.2. The number of carbonyl (C=O) groups is 1. The number of nitrogen functional groups attached to an aromatic ring is 1. The standard InChI is InChI=1S/C12H14F2N2O2/c13-9-5-8(6-10(14)12(9)15)7-11(17)16-1-3-18-4-2-16/h5-6H,1-4,7,15H2. The molecule has 98 valence electrons. The molecule has 18 heavy (non-hydrogen) atoms. The van der Waals surface area contributed by atoms with Crippen molar-refractivity contribution in [2.24, 2.45) is 0 Å². The summed E-state index contributed by atoms with van der Waals surface area (Å²) in [4.78, 5) is 13.5. The number of morpholine rings is 1. The number of hydrogen-bond acceptors (Lipinski definition) is 3. The third-order valence-electron chi connectivity index (χ3n) is 2.86. The third-order valence-corrected chi connectivity index (χ3v) is 2.86. The minimum absolute atomic E-state index is 0.0336. The molecule has 0 atom stereocenters. The molecule has 0 spiro atoms. The van der Waals surface area contributed by atoms with E-state index in [2.05, 4.69) is 0 Å². The number of halogens is 2. The topological polar surface area (TPSA) is 55.6 Å². The van der Waals surface area contributed by atoms with Gasteiger partial charge in [-0.05, 0) is 17.7 Å². The molecule has 2 N–H and O–H groups in total. The van der Waals surface area contributed by atoms with Crippen molar-refractivity contribution >= 4 is 11.6 Å². The fraction of sp³-hybridized carbons (Fsp3) is 0.417. The smallest absolute Gasteiger partial charge is 0.227 e. The molecule has 1 aliphatic rings. The van der Waals surface area contributed by atoms with Crippen LogP contribution in [-0.2, 0) is 16.0 Å². The number of nitrogens with zero attached hydrogens (tertiary/aromatic N) is 1. The molecule has 1 saturated heterocycles. The van der Waals surface area contributed by atoms with Gasteiger partial charge in [0.1, 0.15) is 17.3 Å². The highest BCUT2D eigenvalue weighted by atomic mass is 19.1. The van der Waals surface area contributed by atoms with Crippen LogP contribution in [0.3, 0.4) is 0 Å². The molecule has 0 bridgehead atoms. The van der Waals surface area contributed by atoms with Gasteiger partial charge in [0, 0.05) is 13.1 Å². The van der Waals surface area contributed by atoms with Crippen molar-refractivity contribution < 1.29 is 18.3 Å². The quantitative estimate of drug-likeness (QED) is 0.801. The summed E-state index contributed by atoms with van der Waals surface area (Å²) in [5.41, 5.74) is 4.93. The lowest BCUT2D eigenvalue weighted by atomic mass is 10.1. The van der Waals surface area contributed by atoms with E-state index < -0.39 is 17.3 Å². The van der Waals surface area contributed by atoms with E-state index in [1.807, 2.05) is 0 Å². The van der Waals surface area contributed by atoms with Gasteiger partial charge in [0.2, 0.25) is 5.91 Å². The van der Waals surface area contributed by atoms with E-state index in [4.69, 9.17) is 10.5 Å². The van der Waals surface area contributed by atoms with Gasteiger partial charge in [-0.25, -0.2) is 8.78 Å². The minimum atomic E-state index is -0.834. The molecule has 0 radical (unpaired) electrons. The second-order valence-corrected chi connectivity index (χ2v) is 4.14. The van der Waals surface area contributed by atoms with Crippen LogP contribution in [0.1, 0.15) is 5.56 Å². The molecule has 6 heteroatoms. The van der Waals surface area contributed by atoms with Crippen molar-refractivity contribution in [1.29, 1.82) is 0 Å². The summed E-state index contributed by atoms with van der Waals surface area (Å²) < 4.78 is 31.6. The Kier molecular flexibility index (Phi) is 3.76. The fourth-order valence-corrected chi connectivity index (χ4v) is 1.84. The lowest BCUT2D eigenvalue weighted by Gasteiger charge is -2.26. The second kappa shape index (κ2) is 5.30. The minimum Gasteiger partial charge on any atom is -0.394 e. The van der Waals surface area contributed by atoms with Crippen LogP contribution in [-0.4, -0.2) is 37.1 Å². The molecule has 1 heterocycles. The lowest BCUT2D eigenvalue weighted by molar-refractivity contribution is -0.134. The number of anilines is 1. The van der Waals surface area contributed by atoms with Crippen molar-refractivity contribution in [3.05, 3.63) is 29.3 Å². The van der Waals surface area contributed by atoms with E-state index >= 15 is 0 Å². The molecule has 1 aromatic carbocycles. The summed E-state index contributed by atoms with van der Waals surface area (Å²) in [7, 11) is 0. The maximum Gasteiger partial charge on any atom is 0.227 e. The Bertz CT molecular complexity index is 436. The van der Waals surface area contributed by atoms with Gasteiger partial charge in [-0.2, -0.15) is 0 Å². The highest BCUT2D eigenvalue weighted by Crippen LogP contribution is 2.18. The van der Waals surface area contributed by atoms with Crippen molar-refractivity contribution in [3.63, 3.8) is 0 Å². The average Bonchev–Trinajstić information content (AvgIpc) is 2.37. The van der Waals surface area contributed by atoms with Crippen LogP contribution in [0.25, 0.3) is 0 Å². The van der Waals surface area contributed by atoms with Crippen molar-refractivity contribution in [2.75, 3.05) is 32.0 Å². The van der Waals surface area contributed by atoms with Crippen LogP contribution in [0, 0.1) is 11.6 Å². The maximum absolute atomic E-state index is 13.2. The van der Waals surface area contributed by atoms with E-state index in [1.54, 1.807) is 4.90 Å². The van der Waals surface area contributed by atoms with Crippen LogP contribution in [0.2, 0.25) is 0 Å². The van der Waals surface area contributed by atoms with Crippen LogP contribution < -0.4 is 5.73 Å². The average molecular weight is 256 g/mol. The Balaban J connectivity index is 2.06. The number of amides is 1. The molecule has 1 aliphatic heterocycles. The summed E-state index contributed by atoms with van der Waals surface area (Å²) in [6.45, 7) is 2.02. The molecule has 2 rings (SSSR count). The Hall–Kier alpha value is -1.69. The Labute approximate surface area is 103 Å². The largest absolute Gasteiger partial charge is 0.394 e. The Morgan fingerprint density at radius 3 is 2.39 bits per heavy atom. The number of hydrogen-bond donors (Lipinski definition) is 1. The third kappa shape index (κ3) is 2.76. The molecule has 1 fully saturated rings. The van der Waals surface area contributed by atoms with Crippen LogP contribution in [0.15, 0.2) is 12.1 Å². The van der Waals surface area contributed by atoms with Crippen LogP contribution >= 0.6 is 0 Å². The lowest BCUT2D eigenvalue weighted by Crippen LogP contribution is -2.41. The summed E-state index contributed by atoms with van der Waals surface area (Å²) >= 11 is 0. The summed E-state index contributed by atoms with van der Waals surface area (Å²) in [6, 6.07) is 2.19. The van der Waals surface area contributed by atoms with Gasteiger partial charge in [0.05, 0.1) is 19.6 Å². The summed E-state index contributed by atoms with van der Waals surface area (Å²) in [5.74, 6) is -1.83. The molecule has 0 unspecified atom stereocenters. The summed E-state index contributed by atoms with van der Waals surface area (Å²) in [5, 5.41) is 0. The number of ether oxygens (including phenoxy) is 1. The van der Waals surface area contributed by atoms with E-state index in [9.17, 15) is 13.6 Å². The first-order valence-electron chi connectivity index (χ1n) is 5.67. The molecule has 1 aromatic rings. The predicted octanol–water partition coefficient (Wildman–Crippen LogP) is 0.948. The number of nitrogens with two attached hydrogens (primary N) is 1. The molecule has 0 saturated carbocycles. The first kappa shape index (κ1) is 12.8. The van der Waals surface area contributed by atoms with Crippen molar-refractivity contribution in [1.82, 2.24) is 4.90 Å². The Morgan fingerprint density at radius 2 is 1.83 bits per heavy atom. The van der Waals surface area contributed by atoms with Crippen LogP contribution in [0.4, 0.5) is 14.5 Å². The van der Waals surface area contributed by atoms with E-state index in [1.165, 1.54) is 0 Å². The highest BCUT2D eigenvalue weighted by molar-refractivity contribution is 5.79. The highest BCUT2D eigenvalue weighted by Gasteiger charge is 2.18. The molecule has 4 nitrogen and oxygen atoms in total. The zero-order valence-corrected chi connectivity index (χ0v) is 9.79. The first-order valence-corrected chi connectivity index (χ1v) is 5.67. The number of benzene rings is 1. The monoisotopic (exact) mass is 256 g/mol. The molecule has 0 aliphatic carbocycles. The fourth-order valence-electron chi connectivity index (χ4n) is 1.84. The van der Waals surface area contributed by atoms with Gasteiger partial charge in [-0.15, -0.1) is 0 Å². The van der Waals surface area contributed by atoms with Gasteiger partial charge in [0.25, 0.3) is 0 Å². The Morgan fingerprint density at radius 1 is 1.28 bits per heavy atom. The second-order valence-electron chi connectivity index (χ2n) is 4.14. The van der Waals surface area contributed by atoms with Gasteiger partial charge >= 0.3 is 0 Å². The molecule has 1 amide bonds. The summed E-state index contributed by atoms with van der Waals surface area (Å²) in [6.07, 6.45) is -0.0336. The van der Waals surface area contributed by atoms with E-state index in [0.717, 1.165) is 12.1 Å². The van der Waals surface area contributed by atoms with Gasteiger partial charge in [-0.1, -0.05) is 0 Å². The van der Waals surface area contributed by atoms with Gasteiger partial charge in [-0.3, -0.25) is 4.79 Å². The van der Waals surface area contributed by atoms with Gasteiger partial charge in [0.15, 0.2) is 0 Å². The van der Waals surface area contributed by atoms with Crippen LogP contribution in [0.5, 0.6) is 0 Å². The van der Waals surface area contributed by atoms with Gasteiger partial charge < -0.3 is 15.4 Å². The van der Waals surface area contributed by atoms with E-state index in [0.29, 0.717) is 26.3 Å². The molecule has 0 aromatic heterocycles. The first-order chi connectivity index (χ1) is 8.58. The number of rotatable bonds is 2. The molecular formula is C12H14F2N2O2. The zero-order valence-electron chi connectivity index (χ0n) is 9.79. The van der Waals surface area contributed by atoms with Crippen molar-refractivity contribution in [2.45, 2.75) is 6.42 Å². The predicted molar refractivity (Wildman–Crippen MR) is 61.9 cm³/mol.